The lowest BCUT2D eigenvalue weighted by Gasteiger charge is -2.15. The molecule has 1 aliphatic rings. The molecule has 2 heterocycles. The average Bonchev–Trinajstić information content (AvgIpc) is 3.37. The van der Waals surface area contributed by atoms with Crippen LogP contribution in [0, 0.1) is 5.92 Å². The number of hydrogen-bond donors (Lipinski definition) is 2. The Morgan fingerprint density at radius 3 is 2.67 bits per heavy atom. The maximum absolute atomic E-state index is 12.6. The van der Waals surface area contributed by atoms with Crippen LogP contribution in [0.2, 0.25) is 10.0 Å². The van der Waals surface area contributed by atoms with Gasteiger partial charge >= 0.3 is 0 Å². The number of carbonyl (C=O) groups is 2. The third-order valence-corrected chi connectivity index (χ3v) is 5.63. The number of rotatable bonds is 5. The van der Waals surface area contributed by atoms with E-state index in [2.05, 4.69) is 15.8 Å². The first-order valence-electron chi connectivity index (χ1n) is 9.24. The molecule has 152 valence electrons. The largest absolute Gasteiger partial charge is 0.455 e. The standard InChI is InChI=1S/C22H17Cl2N3O3/c23-17-8-6-14(10-18(17)24)19-9-7-15(30-19)11-26-27-22(29)20-16(12-25-21(20)28)13-4-2-1-3-5-13/h1-11,16,20H,12H2,(H,25,28)(H,27,29)/b26-11+/t16-,20+/m0/s1. The molecule has 1 fully saturated rings. The summed E-state index contributed by atoms with van der Waals surface area (Å²) in [6.07, 6.45) is 1.38. The van der Waals surface area contributed by atoms with Crippen molar-refractivity contribution in [3.05, 3.63) is 82.0 Å². The van der Waals surface area contributed by atoms with Gasteiger partial charge in [0.1, 0.15) is 17.4 Å². The zero-order valence-electron chi connectivity index (χ0n) is 15.6. The van der Waals surface area contributed by atoms with Crippen LogP contribution in [0.4, 0.5) is 0 Å². The molecular weight excluding hydrogens is 425 g/mol. The Labute approximate surface area is 182 Å². The summed E-state index contributed by atoms with van der Waals surface area (Å²) in [7, 11) is 0. The summed E-state index contributed by atoms with van der Waals surface area (Å²) in [4.78, 5) is 24.8. The van der Waals surface area contributed by atoms with E-state index < -0.39 is 11.8 Å². The van der Waals surface area contributed by atoms with Gasteiger partial charge in [0.2, 0.25) is 5.91 Å². The lowest BCUT2D eigenvalue weighted by molar-refractivity contribution is -0.133. The van der Waals surface area contributed by atoms with E-state index >= 15 is 0 Å². The fourth-order valence-electron chi connectivity index (χ4n) is 3.39. The Hall–Kier alpha value is -3.09. The van der Waals surface area contributed by atoms with E-state index in [-0.39, 0.29) is 11.8 Å². The van der Waals surface area contributed by atoms with Crippen LogP contribution in [0.25, 0.3) is 11.3 Å². The molecule has 1 saturated heterocycles. The number of carbonyl (C=O) groups excluding carboxylic acids is 2. The second-order valence-electron chi connectivity index (χ2n) is 6.81. The van der Waals surface area contributed by atoms with Crippen molar-refractivity contribution in [2.45, 2.75) is 5.92 Å². The van der Waals surface area contributed by atoms with Gasteiger partial charge in [0.15, 0.2) is 0 Å². The summed E-state index contributed by atoms with van der Waals surface area (Å²) in [5, 5.41) is 7.57. The van der Waals surface area contributed by atoms with Crippen molar-refractivity contribution < 1.29 is 14.0 Å². The molecule has 2 aromatic carbocycles. The van der Waals surface area contributed by atoms with Crippen LogP contribution < -0.4 is 10.7 Å². The molecule has 1 aromatic heterocycles. The zero-order valence-corrected chi connectivity index (χ0v) is 17.2. The van der Waals surface area contributed by atoms with Gasteiger partial charge in [0, 0.05) is 18.0 Å². The number of furan rings is 1. The van der Waals surface area contributed by atoms with Crippen molar-refractivity contribution in [3.63, 3.8) is 0 Å². The normalized spacial score (nSPS) is 18.5. The first-order valence-corrected chi connectivity index (χ1v) is 9.99. The Morgan fingerprint density at radius 1 is 1.10 bits per heavy atom. The quantitative estimate of drug-likeness (QED) is 0.352. The molecule has 2 N–H and O–H groups in total. The molecule has 3 aromatic rings. The summed E-state index contributed by atoms with van der Waals surface area (Å²) in [6.45, 7) is 0.413. The van der Waals surface area contributed by atoms with Crippen molar-refractivity contribution in [3.8, 4) is 11.3 Å². The second kappa shape index (κ2) is 8.73. The van der Waals surface area contributed by atoms with Crippen LogP contribution in [0.5, 0.6) is 0 Å². The van der Waals surface area contributed by atoms with Crippen molar-refractivity contribution in [1.29, 1.82) is 0 Å². The van der Waals surface area contributed by atoms with Crippen LogP contribution in [-0.4, -0.2) is 24.6 Å². The van der Waals surface area contributed by atoms with E-state index in [9.17, 15) is 9.59 Å². The Bertz CT molecular complexity index is 1110. The minimum atomic E-state index is -0.840. The number of nitrogens with zero attached hydrogens (tertiary/aromatic N) is 1. The lowest BCUT2D eigenvalue weighted by atomic mass is 9.88. The highest BCUT2D eigenvalue weighted by molar-refractivity contribution is 6.42. The molecule has 0 spiro atoms. The third kappa shape index (κ3) is 4.25. The molecule has 1 aliphatic heterocycles. The topological polar surface area (TPSA) is 83.7 Å². The molecule has 2 amide bonds. The zero-order chi connectivity index (χ0) is 21.1. The van der Waals surface area contributed by atoms with E-state index in [4.69, 9.17) is 27.6 Å². The first-order chi connectivity index (χ1) is 14.5. The second-order valence-corrected chi connectivity index (χ2v) is 7.62. The van der Waals surface area contributed by atoms with Crippen LogP contribution in [-0.2, 0) is 9.59 Å². The monoisotopic (exact) mass is 441 g/mol. The van der Waals surface area contributed by atoms with E-state index in [1.54, 1.807) is 30.3 Å². The van der Waals surface area contributed by atoms with Gasteiger partial charge in [-0.25, -0.2) is 5.43 Å². The predicted octanol–water partition coefficient (Wildman–Crippen LogP) is 4.23. The average molecular weight is 442 g/mol. The minimum absolute atomic E-state index is 0.237. The van der Waals surface area contributed by atoms with E-state index in [0.717, 1.165) is 11.1 Å². The smallest absolute Gasteiger partial charge is 0.253 e. The van der Waals surface area contributed by atoms with Crippen molar-refractivity contribution in [1.82, 2.24) is 10.7 Å². The van der Waals surface area contributed by atoms with Crippen LogP contribution in [0.1, 0.15) is 17.2 Å². The number of amides is 2. The summed E-state index contributed by atoms with van der Waals surface area (Å²) in [5.74, 6) is -0.831. The van der Waals surface area contributed by atoms with Gasteiger partial charge in [-0.1, -0.05) is 53.5 Å². The number of hydrazone groups is 1. The van der Waals surface area contributed by atoms with Gasteiger partial charge in [-0.3, -0.25) is 9.59 Å². The van der Waals surface area contributed by atoms with Gasteiger partial charge in [-0.15, -0.1) is 0 Å². The van der Waals surface area contributed by atoms with E-state index in [1.807, 2.05) is 30.3 Å². The number of hydrogen-bond acceptors (Lipinski definition) is 4. The van der Waals surface area contributed by atoms with Gasteiger partial charge < -0.3 is 9.73 Å². The molecule has 0 saturated carbocycles. The summed E-state index contributed by atoms with van der Waals surface area (Å²) in [5.41, 5.74) is 4.13. The number of halogens is 2. The molecule has 6 nitrogen and oxygen atoms in total. The summed E-state index contributed by atoms with van der Waals surface area (Å²) >= 11 is 12.0. The van der Waals surface area contributed by atoms with Gasteiger partial charge in [-0.2, -0.15) is 5.10 Å². The fraction of sp³-hybridized carbons (Fsp3) is 0.136. The van der Waals surface area contributed by atoms with Gasteiger partial charge in [0.05, 0.1) is 16.3 Å². The highest BCUT2D eigenvalue weighted by atomic mass is 35.5. The third-order valence-electron chi connectivity index (χ3n) is 4.89. The molecule has 30 heavy (non-hydrogen) atoms. The minimum Gasteiger partial charge on any atom is -0.455 e. The van der Waals surface area contributed by atoms with Crippen molar-refractivity contribution in [2.24, 2.45) is 11.0 Å². The molecule has 0 unspecified atom stereocenters. The highest BCUT2D eigenvalue weighted by Gasteiger charge is 2.40. The molecule has 0 bridgehead atoms. The van der Waals surface area contributed by atoms with E-state index in [0.29, 0.717) is 28.1 Å². The van der Waals surface area contributed by atoms with Gasteiger partial charge in [-0.05, 0) is 35.9 Å². The molecule has 0 radical (unpaired) electrons. The molecule has 0 aliphatic carbocycles. The Balaban J connectivity index is 1.43. The molecule has 2 atom stereocenters. The van der Waals surface area contributed by atoms with Crippen molar-refractivity contribution in [2.75, 3.05) is 6.54 Å². The molecular formula is C22H17Cl2N3O3. The van der Waals surface area contributed by atoms with Crippen LogP contribution in [0.3, 0.4) is 0 Å². The summed E-state index contributed by atoms with van der Waals surface area (Å²) < 4.78 is 5.70. The predicted molar refractivity (Wildman–Crippen MR) is 116 cm³/mol. The highest BCUT2D eigenvalue weighted by Crippen LogP contribution is 2.30. The Kier molecular flexibility index (Phi) is 5.88. The van der Waals surface area contributed by atoms with E-state index in [1.165, 1.54) is 6.21 Å². The SMILES string of the molecule is O=C1NC[C@@H](c2ccccc2)[C@H]1C(=O)N/N=C/c1ccc(-c2ccc(Cl)c(Cl)c2)o1. The molecule has 4 rings (SSSR count). The van der Waals surface area contributed by atoms with Crippen LogP contribution in [0.15, 0.2) is 70.2 Å². The number of benzene rings is 2. The molecule has 8 heteroatoms. The lowest BCUT2D eigenvalue weighted by Crippen LogP contribution is -2.34. The fourth-order valence-corrected chi connectivity index (χ4v) is 3.69. The maximum atomic E-state index is 12.6. The summed E-state index contributed by atoms with van der Waals surface area (Å²) in [6, 6.07) is 18.1. The maximum Gasteiger partial charge on any atom is 0.253 e. The van der Waals surface area contributed by atoms with Crippen LogP contribution >= 0.6 is 23.2 Å². The van der Waals surface area contributed by atoms with Crippen molar-refractivity contribution >= 4 is 41.2 Å². The van der Waals surface area contributed by atoms with Gasteiger partial charge in [0.25, 0.3) is 5.91 Å². The number of nitrogens with one attached hydrogen (secondary N) is 2. The Morgan fingerprint density at radius 2 is 1.90 bits per heavy atom. The first kappa shape index (κ1) is 20.2.